The summed E-state index contributed by atoms with van der Waals surface area (Å²) in [5, 5.41) is 11.9. The molecule has 4 heteroatoms. The maximum absolute atomic E-state index is 5.54. The summed E-state index contributed by atoms with van der Waals surface area (Å²) in [5.41, 5.74) is 4.22. The first kappa shape index (κ1) is 14.3. The highest BCUT2D eigenvalue weighted by Gasteiger charge is 2.11. The van der Waals surface area contributed by atoms with Crippen LogP contribution < -0.4 is 10.1 Å². The van der Waals surface area contributed by atoms with Crippen molar-refractivity contribution < 1.29 is 4.74 Å². The van der Waals surface area contributed by atoms with Gasteiger partial charge in [0.05, 0.1) is 12.3 Å². The van der Waals surface area contributed by atoms with Crippen LogP contribution in [0.25, 0.3) is 11.3 Å². The van der Waals surface area contributed by atoms with Gasteiger partial charge in [0, 0.05) is 12.1 Å². The van der Waals surface area contributed by atoms with Crippen LogP contribution in [0.5, 0.6) is 5.75 Å². The van der Waals surface area contributed by atoms with E-state index in [9.17, 15) is 0 Å². The van der Waals surface area contributed by atoms with Gasteiger partial charge in [-0.1, -0.05) is 12.1 Å². The Morgan fingerprint density at radius 2 is 1.90 bits per heavy atom. The molecule has 0 amide bonds. The molecule has 2 aromatic rings. The van der Waals surface area contributed by atoms with Crippen LogP contribution in [0.1, 0.15) is 25.0 Å². The van der Waals surface area contributed by atoms with E-state index in [2.05, 4.69) is 36.3 Å². The van der Waals surface area contributed by atoms with Crippen LogP contribution in [0.3, 0.4) is 0 Å². The quantitative estimate of drug-likeness (QED) is 0.902. The van der Waals surface area contributed by atoms with Crippen molar-refractivity contribution in [3.05, 3.63) is 35.4 Å². The van der Waals surface area contributed by atoms with Crippen LogP contribution in [-0.2, 0) is 0 Å². The average Bonchev–Trinajstić information content (AvgIpc) is 2.45. The zero-order valence-corrected chi connectivity index (χ0v) is 12.5. The molecule has 0 bridgehead atoms. The third kappa shape index (κ3) is 2.90. The SMILES string of the molecule is CCNc1nnc(-c2cccc(OCC)c2)c(C)c1C. The minimum Gasteiger partial charge on any atom is -0.494 e. The summed E-state index contributed by atoms with van der Waals surface area (Å²) in [6, 6.07) is 7.98. The Labute approximate surface area is 120 Å². The number of nitrogens with zero attached hydrogens (tertiary/aromatic N) is 2. The molecule has 1 aromatic carbocycles. The summed E-state index contributed by atoms with van der Waals surface area (Å²) < 4.78 is 5.54. The predicted octanol–water partition coefficient (Wildman–Crippen LogP) is 3.59. The van der Waals surface area contributed by atoms with Gasteiger partial charge in [-0.05, 0) is 51.0 Å². The zero-order chi connectivity index (χ0) is 14.5. The van der Waals surface area contributed by atoms with Crippen molar-refractivity contribution in [2.75, 3.05) is 18.5 Å². The van der Waals surface area contributed by atoms with Gasteiger partial charge in [-0.2, -0.15) is 0 Å². The Morgan fingerprint density at radius 1 is 1.10 bits per heavy atom. The number of nitrogens with one attached hydrogen (secondary N) is 1. The highest BCUT2D eigenvalue weighted by molar-refractivity contribution is 5.67. The molecule has 0 fully saturated rings. The molecule has 0 aliphatic carbocycles. The summed E-state index contributed by atoms with van der Waals surface area (Å²) in [7, 11) is 0. The van der Waals surface area contributed by atoms with Gasteiger partial charge in [0.1, 0.15) is 5.75 Å². The number of benzene rings is 1. The van der Waals surface area contributed by atoms with E-state index < -0.39 is 0 Å². The second kappa shape index (κ2) is 6.37. The summed E-state index contributed by atoms with van der Waals surface area (Å²) >= 11 is 0. The second-order valence-corrected chi connectivity index (χ2v) is 4.64. The number of hydrogen-bond donors (Lipinski definition) is 1. The minimum atomic E-state index is 0.659. The van der Waals surface area contributed by atoms with Crippen LogP contribution in [0, 0.1) is 13.8 Å². The van der Waals surface area contributed by atoms with Gasteiger partial charge in [0.2, 0.25) is 0 Å². The fraction of sp³-hybridized carbons (Fsp3) is 0.375. The smallest absolute Gasteiger partial charge is 0.151 e. The average molecular weight is 271 g/mol. The third-order valence-electron chi connectivity index (χ3n) is 3.29. The van der Waals surface area contributed by atoms with Crippen molar-refractivity contribution in [3.63, 3.8) is 0 Å². The van der Waals surface area contributed by atoms with Gasteiger partial charge in [-0.25, -0.2) is 0 Å². The second-order valence-electron chi connectivity index (χ2n) is 4.64. The highest BCUT2D eigenvalue weighted by Crippen LogP contribution is 2.28. The molecule has 0 atom stereocenters. The largest absolute Gasteiger partial charge is 0.494 e. The maximum Gasteiger partial charge on any atom is 0.151 e. The summed E-state index contributed by atoms with van der Waals surface area (Å²) in [6.07, 6.45) is 0. The fourth-order valence-electron chi connectivity index (χ4n) is 2.11. The number of aromatic nitrogens is 2. The van der Waals surface area contributed by atoms with E-state index in [1.165, 1.54) is 0 Å². The Morgan fingerprint density at radius 3 is 2.60 bits per heavy atom. The van der Waals surface area contributed by atoms with Crippen LogP contribution in [0.2, 0.25) is 0 Å². The molecular formula is C16H21N3O. The van der Waals surface area contributed by atoms with Crippen LogP contribution in [0.15, 0.2) is 24.3 Å². The summed E-state index contributed by atoms with van der Waals surface area (Å²) in [4.78, 5) is 0. The molecule has 2 rings (SSSR count). The molecule has 0 radical (unpaired) electrons. The normalized spacial score (nSPS) is 10.4. The van der Waals surface area contributed by atoms with Crippen LogP contribution in [0.4, 0.5) is 5.82 Å². The monoisotopic (exact) mass is 271 g/mol. The van der Waals surface area contributed by atoms with Gasteiger partial charge in [-0.3, -0.25) is 0 Å². The van der Waals surface area contributed by atoms with Gasteiger partial charge < -0.3 is 10.1 Å². The Bertz CT molecular complexity index is 596. The molecule has 0 aliphatic heterocycles. The first-order valence-corrected chi connectivity index (χ1v) is 6.98. The van der Waals surface area contributed by atoms with E-state index in [1.54, 1.807) is 0 Å². The summed E-state index contributed by atoms with van der Waals surface area (Å²) in [5.74, 6) is 1.72. The first-order chi connectivity index (χ1) is 9.67. The van der Waals surface area contributed by atoms with Gasteiger partial charge in [0.15, 0.2) is 5.82 Å². The molecule has 1 aromatic heterocycles. The molecule has 1 heterocycles. The topological polar surface area (TPSA) is 47.0 Å². The summed E-state index contributed by atoms with van der Waals surface area (Å²) in [6.45, 7) is 9.68. The number of hydrogen-bond acceptors (Lipinski definition) is 4. The number of anilines is 1. The molecule has 0 saturated heterocycles. The van der Waals surface area contributed by atoms with Crippen molar-refractivity contribution >= 4 is 5.82 Å². The molecule has 0 saturated carbocycles. The fourth-order valence-corrected chi connectivity index (χ4v) is 2.11. The molecule has 0 unspecified atom stereocenters. The molecule has 0 aliphatic rings. The van der Waals surface area contributed by atoms with Crippen LogP contribution in [-0.4, -0.2) is 23.3 Å². The van der Waals surface area contributed by atoms with E-state index in [1.807, 2.05) is 31.2 Å². The lowest BCUT2D eigenvalue weighted by Crippen LogP contribution is -2.06. The Kier molecular flexibility index (Phi) is 4.56. The molecule has 0 spiro atoms. The highest BCUT2D eigenvalue weighted by atomic mass is 16.5. The standard InChI is InChI=1S/C16H21N3O/c1-5-17-16-12(4)11(3)15(18-19-16)13-8-7-9-14(10-13)20-6-2/h7-10H,5-6H2,1-4H3,(H,17,19). The van der Waals surface area contributed by atoms with E-state index in [0.717, 1.165) is 40.5 Å². The lowest BCUT2D eigenvalue weighted by atomic mass is 10.0. The van der Waals surface area contributed by atoms with Crippen molar-refractivity contribution in [1.82, 2.24) is 10.2 Å². The molecule has 20 heavy (non-hydrogen) atoms. The van der Waals surface area contributed by atoms with E-state index in [4.69, 9.17) is 4.74 Å². The van der Waals surface area contributed by atoms with Gasteiger partial charge in [-0.15, -0.1) is 10.2 Å². The number of ether oxygens (including phenoxy) is 1. The molecule has 106 valence electrons. The van der Waals surface area contributed by atoms with E-state index >= 15 is 0 Å². The Hall–Kier alpha value is -2.10. The molecule has 4 nitrogen and oxygen atoms in total. The zero-order valence-electron chi connectivity index (χ0n) is 12.5. The van der Waals surface area contributed by atoms with Crippen molar-refractivity contribution in [1.29, 1.82) is 0 Å². The van der Waals surface area contributed by atoms with Gasteiger partial charge in [0.25, 0.3) is 0 Å². The van der Waals surface area contributed by atoms with Gasteiger partial charge >= 0.3 is 0 Å². The molecular weight excluding hydrogens is 250 g/mol. The molecule has 1 N–H and O–H groups in total. The van der Waals surface area contributed by atoms with Crippen LogP contribution >= 0.6 is 0 Å². The minimum absolute atomic E-state index is 0.659. The Balaban J connectivity index is 2.42. The van der Waals surface area contributed by atoms with Crippen molar-refractivity contribution in [3.8, 4) is 17.0 Å². The number of rotatable bonds is 5. The lowest BCUT2D eigenvalue weighted by molar-refractivity contribution is 0.340. The van der Waals surface area contributed by atoms with E-state index in [0.29, 0.717) is 6.61 Å². The lowest BCUT2D eigenvalue weighted by Gasteiger charge is -2.12. The first-order valence-electron chi connectivity index (χ1n) is 6.98. The predicted molar refractivity (Wildman–Crippen MR) is 82.3 cm³/mol. The van der Waals surface area contributed by atoms with E-state index in [-0.39, 0.29) is 0 Å². The third-order valence-corrected chi connectivity index (χ3v) is 3.29. The van der Waals surface area contributed by atoms with Crippen molar-refractivity contribution in [2.24, 2.45) is 0 Å². The van der Waals surface area contributed by atoms with Crippen molar-refractivity contribution in [2.45, 2.75) is 27.7 Å². The maximum atomic E-state index is 5.54.